The van der Waals surface area contributed by atoms with Gasteiger partial charge in [-0.15, -0.1) is 0 Å². The monoisotopic (exact) mass is 177 g/mol. The average molecular weight is 177 g/mol. The van der Waals surface area contributed by atoms with Crippen LogP contribution in [0.5, 0.6) is 0 Å². The summed E-state index contributed by atoms with van der Waals surface area (Å²) < 4.78 is 0. The zero-order valence-electron chi connectivity index (χ0n) is 8.39. The van der Waals surface area contributed by atoms with Crippen molar-refractivity contribution in [3.8, 4) is 6.07 Å². The van der Waals surface area contributed by atoms with Crippen molar-refractivity contribution in [1.29, 1.82) is 5.26 Å². The van der Waals surface area contributed by atoms with Gasteiger partial charge in [0.25, 0.3) is 0 Å². The number of rotatable bonds is 1. The van der Waals surface area contributed by atoms with Gasteiger partial charge in [0.05, 0.1) is 11.5 Å². The molecule has 0 N–H and O–H groups in total. The van der Waals surface area contributed by atoms with Gasteiger partial charge in [0.2, 0.25) is 0 Å². The molecule has 0 saturated heterocycles. The van der Waals surface area contributed by atoms with E-state index in [0.29, 0.717) is 0 Å². The number of hydrogen-bond donors (Lipinski definition) is 0. The molecule has 0 amide bonds. The maximum absolute atomic E-state index is 9.32. The standard InChI is InChI=1S/C12H19N/c13-10-12(8-4-5-9-12)11-6-2-1-3-7-11/h11H,1-9H2. The van der Waals surface area contributed by atoms with Crippen LogP contribution in [0.1, 0.15) is 57.8 Å². The fourth-order valence-corrected chi connectivity index (χ4v) is 3.27. The van der Waals surface area contributed by atoms with Crippen molar-refractivity contribution in [2.45, 2.75) is 57.8 Å². The Hall–Kier alpha value is -0.510. The van der Waals surface area contributed by atoms with E-state index in [9.17, 15) is 5.26 Å². The fourth-order valence-electron chi connectivity index (χ4n) is 3.27. The van der Waals surface area contributed by atoms with Gasteiger partial charge in [0.1, 0.15) is 0 Å². The normalized spacial score (nSPS) is 28.5. The quantitative estimate of drug-likeness (QED) is 0.599. The summed E-state index contributed by atoms with van der Waals surface area (Å²) in [4.78, 5) is 0. The van der Waals surface area contributed by atoms with Crippen LogP contribution in [0.25, 0.3) is 0 Å². The van der Waals surface area contributed by atoms with E-state index in [1.54, 1.807) is 0 Å². The summed E-state index contributed by atoms with van der Waals surface area (Å²) in [6.07, 6.45) is 11.8. The first-order valence-corrected chi connectivity index (χ1v) is 5.79. The maximum atomic E-state index is 9.32. The van der Waals surface area contributed by atoms with Crippen molar-refractivity contribution in [1.82, 2.24) is 0 Å². The third-order valence-electron chi connectivity index (χ3n) is 4.11. The van der Waals surface area contributed by atoms with E-state index < -0.39 is 0 Å². The lowest BCUT2D eigenvalue weighted by atomic mass is 9.68. The van der Waals surface area contributed by atoms with Gasteiger partial charge < -0.3 is 0 Å². The summed E-state index contributed by atoms with van der Waals surface area (Å²) in [6.45, 7) is 0. The highest BCUT2D eigenvalue weighted by atomic mass is 14.5. The molecule has 2 aliphatic carbocycles. The number of hydrogen-bond acceptors (Lipinski definition) is 1. The molecule has 0 aliphatic heterocycles. The second-order valence-electron chi connectivity index (χ2n) is 4.81. The van der Waals surface area contributed by atoms with Crippen LogP contribution in [0.4, 0.5) is 0 Å². The van der Waals surface area contributed by atoms with E-state index in [-0.39, 0.29) is 5.41 Å². The molecule has 0 unspecified atom stereocenters. The van der Waals surface area contributed by atoms with Crippen LogP contribution in [0.15, 0.2) is 0 Å². The van der Waals surface area contributed by atoms with E-state index >= 15 is 0 Å². The van der Waals surface area contributed by atoms with Crippen molar-refractivity contribution >= 4 is 0 Å². The van der Waals surface area contributed by atoms with Crippen LogP contribution in [-0.4, -0.2) is 0 Å². The van der Waals surface area contributed by atoms with E-state index in [2.05, 4.69) is 6.07 Å². The molecule has 0 aromatic heterocycles. The van der Waals surface area contributed by atoms with Crippen molar-refractivity contribution in [3.63, 3.8) is 0 Å². The Morgan fingerprint density at radius 3 is 2.08 bits per heavy atom. The summed E-state index contributed by atoms with van der Waals surface area (Å²) >= 11 is 0. The smallest absolute Gasteiger partial charge is 0.0692 e. The molecule has 2 saturated carbocycles. The van der Waals surface area contributed by atoms with Gasteiger partial charge >= 0.3 is 0 Å². The molecule has 0 aromatic carbocycles. The minimum atomic E-state index is 0.112. The molecule has 2 rings (SSSR count). The van der Waals surface area contributed by atoms with Crippen molar-refractivity contribution in [2.24, 2.45) is 11.3 Å². The minimum Gasteiger partial charge on any atom is -0.198 e. The van der Waals surface area contributed by atoms with Crippen LogP contribution in [0.3, 0.4) is 0 Å². The Labute approximate surface area is 81.1 Å². The molecule has 1 heteroatoms. The molecule has 1 nitrogen and oxygen atoms in total. The van der Waals surface area contributed by atoms with Gasteiger partial charge in [0, 0.05) is 0 Å². The summed E-state index contributed by atoms with van der Waals surface area (Å²) in [5, 5.41) is 9.32. The lowest BCUT2D eigenvalue weighted by Gasteiger charge is -2.34. The number of nitrogens with zero attached hydrogens (tertiary/aromatic N) is 1. The molecule has 0 heterocycles. The molecule has 0 radical (unpaired) electrons. The Morgan fingerprint density at radius 2 is 1.54 bits per heavy atom. The van der Waals surface area contributed by atoms with E-state index in [4.69, 9.17) is 0 Å². The highest BCUT2D eigenvalue weighted by molar-refractivity contribution is 5.06. The second kappa shape index (κ2) is 3.70. The Kier molecular flexibility index (Phi) is 2.58. The van der Waals surface area contributed by atoms with Crippen LogP contribution in [0, 0.1) is 22.7 Å². The summed E-state index contributed by atoms with van der Waals surface area (Å²) in [7, 11) is 0. The van der Waals surface area contributed by atoms with Gasteiger partial charge in [-0.25, -0.2) is 0 Å². The molecule has 0 aromatic rings. The first-order valence-electron chi connectivity index (χ1n) is 5.79. The lowest BCUT2D eigenvalue weighted by molar-refractivity contribution is 0.184. The first kappa shape index (κ1) is 9.06. The largest absolute Gasteiger partial charge is 0.198 e. The number of nitriles is 1. The highest BCUT2D eigenvalue weighted by Crippen LogP contribution is 2.48. The SMILES string of the molecule is N#CC1(C2CCCCC2)CCCC1. The molecule has 72 valence electrons. The average Bonchev–Trinajstić information content (AvgIpc) is 2.69. The molecule has 0 spiro atoms. The third kappa shape index (κ3) is 1.59. The lowest BCUT2D eigenvalue weighted by Crippen LogP contribution is -2.27. The minimum absolute atomic E-state index is 0.112. The van der Waals surface area contributed by atoms with Crippen LogP contribution in [-0.2, 0) is 0 Å². The third-order valence-corrected chi connectivity index (χ3v) is 4.11. The van der Waals surface area contributed by atoms with E-state index in [0.717, 1.165) is 5.92 Å². The summed E-state index contributed by atoms with van der Waals surface area (Å²) in [6, 6.07) is 2.65. The molecular formula is C12H19N. The molecular weight excluding hydrogens is 158 g/mol. The van der Waals surface area contributed by atoms with Gasteiger partial charge in [-0.05, 0) is 31.6 Å². The molecule has 13 heavy (non-hydrogen) atoms. The Bertz CT molecular complexity index is 202. The van der Waals surface area contributed by atoms with Crippen molar-refractivity contribution in [3.05, 3.63) is 0 Å². The summed E-state index contributed by atoms with van der Waals surface area (Å²) in [5.41, 5.74) is 0.112. The zero-order chi connectivity index (χ0) is 9.15. The topological polar surface area (TPSA) is 23.8 Å². The molecule has 0 atom stereocenters. The second-order valence-corrected chi connectivity index (χ2v) is 4.81. The van der Waals surface area contributed by atoms with Crippen LogP contribution in [0.2, 0.25) is 0 Å². The van der Waals surface area contributed by atoms with Crippen molar-refractivity contribution in [2.75, 3.05) is 0 Å². The van der Waals surface area contributed by atoms with Crippen molar-refractivity contribution < 1.29 is 0 Å². The zero-order valence-corrected chi connectivity index (χ0v) is 8.39. The summed E-state index contributed by atoms with van der Waals surface area (Å²) in [5.74, 6) is 0.744. The van der Waals surface area contributed by atoms with Gasteiger partial charge in [-0.1, -0.05) is 32.1 Å². The predicted octanol–water partition coefficient (Wildman–Crippen LogP) is 3.65. The van der Waals surface area contributed by atoms with E-state index in [1.165, 1.54) is 57.8 Å². The molecule has 2 aliphatic rings. The maximum Gasteiger partial charge on any atom is 0.0692 e. The van der Waals surface area contributed by atoms with Crippen LogP contribution >= 0.6 is 0 Å². The van der Waals surface area contributed by atoms with E-state index in [1.807, 2.05) is 0 Å². The Balaban J connectivity index is 2.06. The fraction of sp³-hybridized carbons (Fsp3) is 0.917. The van der Waals surface area contributed by atoms with Crippen LogP contribution < -0.4 is 0 Å². The van der Waals surface area contributed by atoms with Gasteiger partial charge in [-0.2, -0.15) is 5.26 Å². The van der Waals surface area contributed by atoms with Gasteiger partial charge in [-0.3, -0.25) is 0 Å². The highest BCUT2D eigenvalue weighted by Gasteiger charge is 2.41. The molecule has 0 bridgehead atoms. The first-order chi connectivity index (χ1) is 6.37. The Morgan fingerprint density at radius 1 is 0.923 bits per heavy atom. The van der Waals surface area contributed by atoms with Gasteiger partial charge in [0.15, 0.2) is 0 Å². The molecule has 2 fully saturated rings. The predicted molar refractivity (Wildman–Crippen MR) is 53.1 cm³/mol.